The summed E-state index contributed by atoms with van der Waals surface area (Å²) in [6, 6.07) is 61.8. The number of hydrogen-bond acceptors (Lipinski definition) is 6. The van der Waals surface area contributed by atoms with Crippen molar-refractivity contribution in [2.75, 3.05) is 0 Å². The molecule has 0 atom stereocenters. The standard InChI is InChI=1S/C51H29N3OS2/c1-3-14-30(15-4-1)49-52-50(31-16-5-2-6-17-31)54-51(53-49)40-24-12-23-36-35-22-11-21-34(46(35)55-47(36)40)33-28-29-37(48-45(33)39-19-8-10-26-42(39)57-48)32-20-13-27-43-44(32)38-18-7-9-25-41(38)56-43/h1-29H. The first kappa shape index (κ1) is 32.3. The van der Waals surface area contributed by atoms with Gasteiger partial charge < -0.3 is 4.42 Å². The minimum absolute atomic E-state index is 0.569. The van der Waals surface area contributed by atoms with Gasteiger partial charge in [-0.2, -0.15) is 0 Å². The Kier molecular flexibility index (Phi) is 7.24. The maximum Gasteiger partial charge on any atom is 0.167 e. The first-order valence-electron chi connectivity index (χ1n) is 18.9. The summed E-state index contributed by atoms with van der Waals surface area (Å²) in [6.45, 7) is 0. The Labute approximate surface area is 335 Å². The van der Waals surface area contributed by atoms with Crippen LogP contribution in [0.4, 0.5) is 0 Å². The minimum Gasteiger partial charge on any atom is -0.455 e. The summed E-state index contributed by atoms with van der Waals surface area (Å²) in [4.78, 5) is 15.1. The van der Waals surface area contributed by atoms with Crippen LogP contribution in [0.2, 0.25) is 0 Å². The fourth-order valence-corrected chi connectivity index (χ4v) is 10.8. The fourth-order valence-electron chi connectivity index (χ4n) is 8.40. The summed E-state index contributed by atoms with van der Waals surface area (Å²) in [5, 5.41) is 7.19. The normalized spacial score (nSPS) is 11.9. The zero-order valence-electron chi connectivity index (χ0n) is 30.3. The molecule has 0 amide bonds. The van der Waals surface area contributed by atoms with Crippen molar-refractivity contribution in [1.82, 2.24) is 15.0 Å². The third-order valence-electron chi connectivity index (χ3n) is 11.0. The highest BCUT2D eigenvalue weighted by Gasteiger charge is 2.23. The van der Waals surface area contributed by atoms with E-state index >= 15 is 0 Å². The van der Waals surface area contributed by atoms with Crippen molar-refractivity contribution in [3.05, 3.63) is 176 Å². The van der Waals surface area contributed by atoms with Crippen LogP contribution in [0.1, 0.15) is 0 Å². The van der Waals surface area contributed by atoms with E-state index in [1.807, 2.05) is 83.3 Å². The first-order chi connectivity index (χ1) is 28.3. The largest absolute Gasteiger partial charge is 0.455 e. The van der Waals surface area contributed by atoms with Gasteiger partial charge in [0.1, 0.15) is 11.2 Å². The lowest BCUT2D eigenvalue weighted by atomic mass is 9.92. The Morgan fingerprint density at radius 1 is 0.316 bits per heavy atom. The summed E-state index contributed by atoms with van der Waals surface area (Å²) >= 11 is 3.73. The van der Waals surface area contributed by atoms with E-state index in [4.69, 9.17) is 19.4 Å². The molecule has 4 aromatic heterocycles. The Morgan fingerprint density at radius 3 is 1.49 bits per heavy atom. The summed E-state index contributed by atoms with van der Waals surface area (Å²) in [6.07, 6.45) is 0. The van der Waals surface area contributed by atoms with Crippen LogP contribution in [0.5, 0.6) is 0 Å². The van der Waals surface area contributed by atoms with Gasteiger partial charge in [0, 0.05) is 73.4 Å². The first-order valence-corrected chi connectivity index (χ1v) is 20.6. The smallest absolute Gasteiger partial charge is 0.167 e. The second-order valence-corrected chi connectivity index (χ2v) is 16.4. The Hall–Kier alpha value is -6.99. The molecule has 8 aromatic carbocycles. The molecule has 0 radical (unpaired) electrons. The molecule has 6 heteroatoms. The van der Waals surface area contributed by atoms with Crippen molar-refractivity contribution in [2.24, 2.45) is 0 Å². The van der Waals surface area contributed by atoms with Crippen LogP contribution in [0, 0.1) is 0 Å². The van der Waals surface area contributed by atoms with Gasteiger partial charge >= 0.3 is 0 Å². The van der Waals surface area contributed by atoms with E-state index in [1.165, 1.54) is 51.5 Å². The van der Waals surface area contributed by atoms with Gasteiger partial charge in [-0.05, 0) is 35.4 Å². The van der Waals surface area contributed by atoms with E-state index in [0.29, 0.717) is 17.5 Å². The minimum atomic E-state index is 0.569. The molecule has 0 fully saturated rings. The van der Waals surface area contributed by atoms with Crippen LogP contribution in [0.15, 0.2) is 180 Å². The number of para-hydroxylation sites is 2. The molecular formula is C51H29N3OS2. The van der Waals surface area contributed by atoms with E-state index in [0.717, 1.165) is 49.8 Å². The summed E-state index contributed by atoms with van der Waals surface area (Å²) in [5.41, 5.74) is 9.00. The lowest BCUT2D eigenvalue weighted by Crippen LogP contribution is -2.00. The number of thiophene rings is 2. The highest BCUT2D eigenvalue weighted by molar-refractivity contribution is 7.27. The maximum absolute atomic E-state index is 7.07. The summed E-state index contributed by atoms with van der Waals surface area (Å²) < 4.78 is 12.2. The van der Waals surface area contributed by atoms with Crippen molar-refractivity contribution in [1.29, 1.82) is 0 Å². The topological polar surface area (TPSA) is 51.8 Å². The fraction of sp³-hybridized carbons (Fsp3) is 0. The van der Waals surface area contributed by atoms with Gasteiger partial charge in [0.25, 0.3) is 0 Å². The number of benzene rings is 8. The Morgan fingerprint density at radius 2 is 0.789 bits per heavy atom. The highest BCUT2D eigenvalue weighted by atomic mass is 32.1. The average molecular weight is 764 g/mol. The molecule has 57 heavy (non-hydrogen) atoms. The third-order valence-corrected chi connectivity index (χ3v) is 13.3. The molecule has 4 nitrogen and oxygen atoms in total. The number of furan rings is 1. The van der Waals surface area contributed by atoms with Gasteiger partial charge in [-0.3, -0.25) is 0 Å². The van der Waals surface area contributed by atoms with Crippen LogP contribution < -0.4 is 0 Å². The number of hydrogen-bond donors (Lipinski definition) is 0. The molecular weight excluding hydrogens is 735 g/mol. The van der Waals surface area contributed by atoms with Crippen LogP contribution in [0.25, 0.3) is 119 Å². The maximum atomic E-state index is 7.07. The number of rotatable bonds is 5. The molecule has 0 spiro atoms. The Balaban J connectivity index is 1.09. The number of aromatic nitrogens is 3. The van der Waals surface area contributed by atoms with Crippen molar-refractivity contribution >= 4 is 85.0 Å². The molecule has 0 unspecified atom stereocenters. The van der Waals surface area contributed by atoms with E-state index in [9.17, 15) is 0 Å². The molecule has 0 aliphatic carbocycles. The summed E-state index contributed by atoms with van der Waals surface area (Å²) in [7, 11) is 0. The van der Waals surface area contributed by atoms with Gasteiger partial charge in [0.15, 0.2) is 17.5 Å². The molecule has 4 heterocycles. The average Bonchev–Trinajstić information content (AvgIpc) is 3.98. The van der Waals surface area contributed by atoms with Crippen LogP contribution in [0.3, 0.4) is 0 Å². The van der Waals surface area contributed by atoms with Gasteiger partial charge in [-0.1, -0.05) is 152 Å². The van der Waals surface area contributed by atoms with E-state index in [2.05, 4.69) is 115 Å². The third kappa shape index (κ3) is 5.08. The van der Waals surface area contributed by atoms with Crippen molar-refractivity contribution in [3.63, 3.8) is 0 Å². The Bertz CT molecular complexity index is 3470. The van der Waals surface area contributed by atoms with Gasteiger partial charge in [0.05, 0.1) is 5.56 Å². The molecule has 0 bridgehead atoms. The SMILES string of the molecule is c1ccc(-c2nc(-c3ccccc3)nc(-c3cccc4c3oc3c(-c5ccc(-c6cccc7sc8ccccc8c67)c6sc7ccccc7c56)cccc34)n2)cc1. The van der Waals surface area contributed by atoms with Crippen molar-refractivity contribution < 1.29 is 4.42 Å². The zero-order chi connectivity index (χ0) is 37.5. The molecule has 12 rings (SSSR count). The second kappa shape index (κ2) is 12.8. The monoisotopic (exact) mass is 763 g/mol. The zero-order valence-corrected chi connectivity index (χ0v) is 31.9. The molecule has 12 aromatic rings. The quantitative estimate of drug-likeness (QED) is 0.175. The highest BCUT2D eigenvalue weighted by Crippen LogP contribution is 2.49. The molecule has 266 valence electrons. The van der Waals surface area contributed by atoms with Gasteiger partial charge in [-0.25, -0.2) is 15.0 Å². The number of fused-ring (bicyclic) bond motifs is 9. The van der Waals surface area contributed by atoms with Crippen LogP contribution >= 0.6 is 22.7 Å². The second-order valence-electron chi connectivity index (χ2n) is 14.2. The van der Waals surface area contributed by atoms with Crippen molar-refractivity contribution in [2.45, 2.75) is 0 Å². The van der Waals surface area contributed by atoms with Crippen LogP contribution in [-0.2, 0) is 0 Å². The molecule has 0 aliphatic rings. The van der Waals surface area contributed by atoms with Crippen molar-refractivity contribution in [3.8, 4) is 56.4 Å². The predicted molar refractivity (Wildman–Crippen MR) is 240 cm³/mol. The predicted octanol–water partition coefficient (Wildman–Crippen LogP) is 14.8. The number of nitrogens with zero attached hydrogens (tertiary/aromatic N) is 3. The molecule has 0 saturated heterocycles. The lowest BCUT2D eigenvalue weighted by molar-refractivity contribution is 0.670. The van der Waals surface area contributed by atoms with E-state index in [1.54, 1.807) is 0 Å². The lowest BCUT2D eigenvalue weighted by Gasteiger charge is -2.11. The van der Waals surface area contributed by atoms with Crippen LogP contribution in [-0.4, -0.2) is 15.0 Å². The van der Waals surface area contributed by atoms with Gasteiger partial charge in [0.2, 0.25) is 0 Å². The van der Waals surface area contributed by atoms with E-state index in [-0.39, 0.29) is 0 Å². The van der Waals surface area contributed by atoms with E-state index < -0.39 is 0 Å². The molecule has 0 aliphatic heterocycles. The molecule has 0 N–H and O–H groups in total. The summed E-state index contributed by atoms with van der Waals surface area (Å²) in [5.74, 6) is 1.80. The molecule has 0 saturated carbocycles. The van der Waals surface area contributed by atoms with Gasteiger partial charge in [-0.15, -0.1) is 22.7 Å².